The number of anilines is 1. The number of amides is 2. The zero-order chi connectivity index (χ0) is 12.7. The maximum absolute atomic E-state index is 11.8. The minimum atomic E-state index is -0.491. The third-order valence-electron chi connectivity index (χ3n) is 3.04. The number of carbonyl (C=O) groups excluding carboxylic acids is 2. The van der Waals surface area contributed by atoms with Gasteiger partial charge < -0.3 is 5.73 Å². The van der Waals surface area contributed by atoms with E-state index in [1.54, 1.807) is 23.0 Å². The Morgan fingerprint density at radius 3 is 3.06 bits per heavy atom. The summed E-state index contributed by atoms with van der Waals surface area (Å²) in [5.41, 5.74) is 7.23. The molecule has 2 amide bonds. The summed E-state index contributed by atoms with van der Waals surface area (Å²) in [6, 6.07) is 1.26. The molecule has 1 unspecified atom stereocenters. The molecule has 1 atom stereocenters. The molecule has 3 heterocycles. The molecule has 0 bridgehead atoms. The maximum atomic E-state index is 11.8. The van der Waals surface area contributed by atoms with Crippen LogP contribution in [0.15, 0.2) is 18.5 Å². The minimum Gasteiger partial charge on any atom is -0.369 e. The molecule has 92 valence electrons. The van der Waals surface area contributed by atoms with Gasteiger partial charge in [0.05, 0.1) is 11.7 Å². The number of hydrogen-bond donors (Lipinski definition) is 2. The molecule has 1 fully saturated rings. The van der Waals surface area contributed by atoms with E-state index in [1.807, 2.05) is 0 Å². The number of piperidine rings is 1. The summed E-state index contributed by atoms with van der Waals surface area (Å²) in [5.74, 6) is -0.331. The van der Waals surface area contributed by atoms with Crippen LogP contribution in [0.25, 0.3) is 11.0 Å². The van der Waals surface area contributed by atoms with Gasteiger partial charge in [-0.1, -0.05) is 0 Å². The van der Waals surface area contributed by atoms with Crippen LogP contribution in [-0.4, -0.2) is 26.3 Å². The molecule has 0 saturated carbocycles. The maximum Gasteiger partial charge on any atom is 0.249 e. The molecule has 18 heavy (non-hydrogen) atoms. The van der Waals surface area contributed by atoms with Crippen molar-refractivity contribution in [3.8, 4) is 0 Å². The highest BCUT2D eigenvalue weighted by Gasteiger charge is 2.30. The molecule has 0 aromatic carbocycles. The second kappa shape index (κ2) is 3.80. The number of imide groups is 1. The number of carbonyl (C=O) groups is 2. The molecular formula is C11H11N5O2. The van der Waals surface area contributed by atoms with Gasteiger partial charge >= 0.3 is 0 Å². The fourth-order valence-corrected chi connectivity index (χ4v) is 2.23. The van der Waals surface area contributed by atoms with Crippen LogP contribution in [0.1, 0.15) is 18.9 Å². The van der Waals surface area contributed by atoms with Gasteiger partial charge in [-0.2, -0.15) is 0 Å². The Morgan fingerprint density at radius 2 is 2.28 bits per heavy atom. The average molecular weight is 245 g/mol. The van der Waals surface area contributed by atoms with Crippen molar-refractivity contribution in [1.82, 2.24) is 19.9 Å². The summed E-state index contributed by atoms with van der Waals surface area (Å²) in [5, 5.41) is 2.31. The highest BCUT2D eigenvalue weighted by Crippen LogP contribution is 2.26. The van der Waals surface area contributed by atoms with Crippen molar-refractivity contribution in [1.29, 1.82) is 0 Å². The Kier molecular flexibility index (Phi) is 2.26. The van der Waals surface area contributed by atoms with Crippen LogP contribution in [0.2, 0.25) is 0 Å². The lowest BCUT2D eigenvalue weighted by molar-refractivity contribution is -0.135. The van der Waals surface area contributed by atoms with Crippen LogP contribution >= 0.6 is 0 Å². The van der Waals surface area contributed by atoms with Crippen molar-refractivity contribution in [3.05, 3.63) is 18.5 Å². The van der Waals surface area contributed by atoms with Gasteiger partial charge in [-0.15, -0.1) is 0 Å². The molecule has 0 aliphatic carbocycles. The summed E-state index contributed by atoms with van der Waals surface area (Å²) >= 11 is 0. The first-order chi connectivity index (χ1) is 8.66. The number of aromatic nitrogens is 3. The largest absolute Gasteiger partial charge is 0.369 e. The van der Waals surface area contributed by atoms with E-state index in [-0.39, 0.29) is 17.8 Å². The van der Waals surface area contributed by atoms with Gasteiger partial charge in [-0.05, 0) is 12.5 Å². The number of pyridine rings is 1. The van der Waals surface area contributed by atoms with Crippen LogP contribution in [0.5, 0.6) is 0 Å². The fraction of sp³-hybridized carbons (Fsp3) is 0.273. The van der Waals surface area contributed by atoms with E-state index in [4.69, 9.17) is 5.73 Å². The second-order valence-electron chi connectivity index (χ2n) is 4.17. The van der Waals surface area contributed by atoms with Gasteiger partial charge in [0.2, 0.25) is 17.8 Å². The van der Waals surface area contributed by atoms with Crippen LogP contribution < -0.4 is 11.1 Å². The lowest BCUT2D eigenvalue weighted by atomic mass is 10.1. The van der Waals surface area contributed by atoms with E-state index in [0.717, 1.165) is 5.52 Å². The fourth-order valence-electron chi connectivity index (χ4n) is 2.23. The monoisotopic (exact) mass is 245 g/mol. The Hall–Kier alpha value is -2.44. The molecule has 3 N–H and O–H groups in total. The Balaban J connectivity index is 2.11. The van der Waals surface area contributed by atoms with Crippen LogP contribution in [-0.2, 0) is 9.59 Å². The SMILES string of the molecule is Nc1nc2cnccc2n1C1CCC(=O)NC1=O. The van der Waals surface area contributed by atoms with E-state index < -0.39 is 6.04 Å². The number of nitrogens with zero attached hydrogens (tertiary/aromatic N) is 3. The first kappa shape index (κ1) is 10.7. The number of nitrogen functional groups attached to an aromatic ring is 1. The Labute approximate surface area is 102 Å². The van der Waals surface area contributed by atoms with Crippen LogP contribution in [0.3, 0.4) is 0 Å². The molecule has 2 aromatic rings. The lowest BCUT2D eigenvalue weighted by Gasteiger charge is -2.23. The normalized spacial score (nSPS) is 20.1. The molecule has 3 rings (SSSR count). The summed E-state index contributed by atoms with van der Waals surface area (Å²) in [6.07, 6.45) is 3.95. The summed E-state index contributed by atoms with van der Waals surface area (Å²) in [7, 11) is 0. The van der Waals surface area contributed by atoms with Crippen molar-refractivity contribution >= 4 is 28.8 Å². The number of rotatable bonds is 1. The topological polar surface area (TPSA) is 103 Å². The zero-order valence-corrected chi connectivity index (χ0v) is 9.46. The quantitative estimate of drug-likeness (QED) is 0.688. The van der Waals surface area contributed by atoms with E-state index >= 15 is 0 Å². The highest BCUT2D eigenvalue weighted by atomic mass is 16.2. The third-order valence-corrected chi connectivity index (χ3v) is 3.04. The number of nitrogens with one attached hydrogen (secondary N) is 1. The zero-order valence-electron chi connectivity index (χ0n) is 9.46. The molecule has 0 radical (unpaired) electrons. The van der Waals surface area contributed by atoms with E-state index in [0.29, 0.717) is 18.4 Å². The number of fused-ring (bicyclic) bond motifs is 1. The van der Waals surface area contributed by atoms with E-state index in [9.17, 15) is 9.59 Å². The average Bonchev–Trinajstić information content (AvgIpc) is 2.66. The van der Waals surface area contributed by atoms with E-state index in [1.165, 1.54) is 0 Å². The summed E-state index contributed by atoms with van der Waals surface area (Å²) < 4.78 is 1.65. The first-order valence-corrected chi connectivity index (χ1v) is 5.58. The molecule has 7 heteroatoms. The van der Waals surface area contributed by atoms with Crippen molar-refractivity contribution < 1.29 is 9.59 Å². The van der Waals surface area contributed by atoms with Crippen molar-refractivity contribution in [2.24, 2.45) is 0 Å². The number of hydrogen-bond acceptors (Lipinski definition) is 5. The summed E-state index contributed by atoms with van der Waals surface area (Å²) in [4.78, 5) is 31.1. The molecule has 1 aliphatic rings. The predicted molar refractivity (Wildman–Crippen MR) is 63.4 cm³/mol. The van der Waals surface area contributed by atoms with Crippen molar-refractivity contribution in [2.45, 2.75) is 18.9 Å². The summed E-state index contributed by atoms with van der Waals surface area (Å²) in [6.45, 7) is 0. The van der Waals surface area contributed by atoms with Crippen molar-refractivity contribution in [3.63, 3.8) is 0 Å². The molecule has 7 nitrogen and oxygen atoms in total. The van der Waals surface area contributed by atoms with Crippen LogP contribution in [0.4, 0.5) is 5.95 Å². The Bertz CT molecular complexity index is 648. The van der Waals surface area contributed by atoms with Gasteiger partial charge in [0.1, 0.15) is 11.6 Å². The molecular weight excluding hydrogens is 234 g/mol. The van der Waals surface area contributed by atoms with Gasteiger partial charge in [0, 0.05) is 12.6 Å². The molecule has 2 aromatic heterocycles. The second-order valence-corrected chi connectivity index (χ2v) is 4.17. The molecule has 0 spiro atoms. The van der Waals surface area contributed by atoms with Gasteiger partial charge in [0.25, 0.3) is 0 Å². The number of imidazole rings is 1. The number of nitrogens with two attached hydrogens (primary N) is 1. The first-order valence-electron chi connectivity index (χ1n) is 5.58. The third kappa shape index (κ3) is 1.52. The molecule has 1 aliphatic heterocycles. The van der Waals surface area contributed by atoms with E-state index in [2.05, 4.69) is 15.3 Å². The van der Waals surface area contributed by atoms with Gasteiger partial charge in [-0.25, -0.2) is 4.98 Å². The lowest BCUT2D eigenvalue weighted by Crippen LogP contribution is -2.41. The molecule has 1 saturated heterocycles. The Morgan fingerprint density at radius 1 is 1.44 bits per heavy atom. The smallest absolute Gasteiger partial charge is 0.249 e. The highest BCUT2D eigenvalue weighted by molar-refractivity contribution is 6.00. The van der Waals surface area contributed by atoms with Gasteiger partial charge in [-0.3, -0.25) is 24.5 Å². The van der Waals surface area contributed by atoms with Gasteiger partial charge in [0.15, 0.2) is 0 Å². The minimum absolute atomic E-state index is 0.249. The predicted octanol–water partition coefficient (Wildman–Crippen LogP) is -0.00880. The van der Waals surface area contributed by atoms with Crippen molar-refractivity contribution in [2.75, 3.05) is 5.73 Å². The van der Waals surface area contributed by atoms with Crippen LogP contribution in [0, 0.1) is 0 Å². The standard InChI is InChI=1S/C11H11N5O2/c12-11-14-6-5-13-4-3-7(6)16(11)8-1-2-9(17)15-10(8)18/h3-5,8H,1-2H2,(H2,12,14)(H,15,17,18).